The van der Waals surface area contributed by atoms with Crippen LogP contribution in [0.4, 0.5) is 0 Å². The number of amides is 5. The number of unbranched alkanes of at least 4 members (excludes halogenated alkanes) is 1. The zero-order chi connectivity index (χ0) is 53.2. The zero-order valence-electron chi connectivity index (χ0n) is 38.2. The minimum Gasteiger partial charge on any atom is -0.481 e. The van der Waals surface area contributed by atoms with Gasteiger partial charge in [0, 0.05) is 61.1 Å². The maximum absolute atomic E-state index is 13.7. The lowest BCUT2D eigenvalue weighted by Gasteiger charge is -2.29. The molecule has 2 rings (SSSR count). The molecule has 5 amide bonds. The van der Waals surface area contributed by atoms with E-state index in [1.807, 2.05) is 22.6 Å². The first-order valence-corrected chi connectivity index (χ1v) is 23.0. The van der Waals surface area contributed by atoms with E-state index in [-0.39, 0.29) is 71.0 Å². The Labute approximate surface area is 418 Å². The van der Waals surface area contributed by atoms with Crippen molar-refractivity contribution in [1.29, 1.82) is 0 Å². The van der Waals surface area contributed by atoms with Gasteiger partial charge in [0.15, 0.2) is 0 Å². The van der Waals surface area contributed by atoms with Gasteiger partial charge in [-0.3, -0.25) is 72.2 Å². The summed E-state index contributed by atoms with van der Waals surface area (Å²) in [5.74, 6) is -15.2. The average molecular weight is 1120 g/mol. The largest absolute Gasteiger partial charge is 0.481 e. The summed E-state index contributed by atoms with van der Waals surface area (Å²) in [4.78, 5) is 164. The normalized spacial score (nSPS) is 14.2. The first-order valence-electron chi connectivity index (χ1n) is 21.9. The van der Waals surface area contributed by atoms with Crippen molar-refractivity contribution in [3.63, 3.8) is 0 Å². The molecule has 28 nitrogen and oxygen atoms in total. The van der Waals surface area contributed by atoms with E-state index in [1.54, 1.807) is 24.3 Å². The highest BCUT2D eigenvalue weighted by Gasteiger charge is 2.33. The fourth-order valence-corrected chi connectivity index (χ4v) is 7.28. The van der Waals surface area contributed by atoms with Crippen molar-refractivity contribution in [3.8, 4) is 0 Å². The van der Waals surface area contributed by atoms with E-state index >= 15 is 0 Å². The molecule has 0 radical (unpaired) electrons. The monoisotopic (exact) mass is 1120 g/mol. The summed E-state index contributed by atoms with van der Waals surface area (Å²) >= 11 is 2.04. The van der Waals surface area contributed by atoms with Crippen molar-refractivity contribution >= 4 is 99.9 Å². The first kappa shape index (κ1) is 60.3. The minimum absolute atomic E-state index is 0.0271. The molecule has 0 unspecified atom stereocenters. The number of aliphatic carboxylic acids is 6. The Hall–Kier alpha value is -6.86. The maximum atomic E-state index is 13.7. The first-order chi connectivity index (χ1) is 33.4. The van der Waals surface area contributed by atoms with E-state index in [9.17, 15) is 93.0 Å². The molecule has 1 fully saturated rings. The summed E-state index contributed by atoms with van der Waals surface area (Å²) in [5.41, 5.74) is 0.409. The Balaban J connectivity index is 2.20. The highest BCUT2D eigenvalue weighted by molar-refractivity contribution is 14.1. The van der Waals surface area contributed by atoms with Gasteiger partial charge in [0.05, 0.1) is 32.7 Å². The maximum Gasteiger partial charge on any atom is 0.327 e. The minimum atomic E-state index is -1.84. The van der Waals surface area contributed by atoms with Gasteiger partial charge in [0.1, 0.15) is 24.2 Å². The second kappa shape index (κ2) is 31.4. The van der Waals surface area contributed by atoms with Crippen molar-refractivity contribution in [2.24, 2.45) is 0 Å². The van der Waals surface area contributed by atoms with Crippen LogP contribution in [-0.4, -0.2) is 212 Å². The second-order valence-corrected chi connectivity index (χ2v) is 17.3. The van der Waals surface area contributed by atoms with E-state index in [4.69, 9.17) is 0 Å². The predicted molar refractivity (Wildman–Crippen MR) is 247 cm³/mol. The number of morpholine rings is 1. The number of carboxylic acid groups (broad SMARTS) is 6. The summed E-state index contributed by atoms with van der Waals surface area (Å²) in [5, 5.41) is 68.6. The molecule has 1 heterocycles. The van der Waals surface area contributed by atoms with Crippen molar-refractivity contribution in [2.75, 3.05) is 65.4 Å². The van der Waals surface area contributed by atoms with Crippen LogP contribution in [0.15, 0.2) is 24.3 Å². The molecule has 4 atom stereocenters. The van der Waals surface area contributed by atoms with Crippen LogP contribution in [-0.2, 0) is 62.3 Å². The summed E-state index contributed by atoms with van der Waals surface area (Å²) in [6, 6.07) is -0.167. The van der Waals surface area contributed by atoms with Crippen LogP contribution in [0.1, 0.15) is 68.1 Å². The molecule has 0 aromatic heterocycles. The number of carboxylic acids is 6. The Bertz CT molecular complexity index is 2110. The molecule has 0 spiro atoms. The van der Waals surface area contributed by atoms with Crippen molar-refractivity contribution in [2.45, 2.75) is 82.0 Å². The molecule has 29 heteroatoms. The summed E-state index contributed by atoms with van der Waals surface area (Å²) < 4.78 is 5.30. The lowest BCUT2D eigenvalue weighted by Crippen LogP contribution is -2.58. The third-order valence-corrected chi connectivity index (χ3v) is 10.9. The van der Waals surface area contributed by atoms with Gasteiger partial charge in [-0.05, 0) is 79.3 Å². The lowest BCUT2D eigenvalue weighted by molar-refractivity contribution is -0.167. The fraction of sp³-hybridized carbons (Fsp3) is 0.548. The highest BCUT2D eigenvalue weighted by atomic mass is 127. The molecule has 0 aliphatic carbocycles. The Kier molecular flexibility index (Phi) is 26.6. The summed E-state index contributed by atoms with van der Waals surface area (Å²) in [6.07, 6.45) is -3.89. The number of nitrogens with one attached hydrogen (secondary N) is 5. The standard InChI is InChI=1S/C42H57IN8O20/c43-25-5-3-4-24(18-25)38(65)44-13-2-1-6-29(42(69)70)48-41(68)28(9-12-33(57)58)47-40(67)27(8-11-32(55)56)46-39(66)26(7-10-31(53)54)45-30(52)19-50(21-35(61)62)16-14-49(20-34(59)60)15-17-51-22-36(63)71-37(64)23-51/h3-5,18,26-29H,1-2,6-17,19-23H2,(H,44,65)(H,45,52)(H,46,66)(H,47,67)(H,48,68)(H,53,54)(H,55,56)(H,57,58)(H,59,60)(H,61,62)(H,69,70)/t26-,27-,28-,29-/m1/s1. The van der Waals surface area contributed by atoms with Gasteiger partial charge in [-0.2, -0.15) is 0 Å². The van der Waals surface area contributed by atoms with Crippen LogP contribution in [0.25, 0.3) is 0 Å². The topological polar surface area (TPSA) is 422 Å². The lowest BCUT2D eigenvalue weighted by atomic mass is 10.0. The third-order valence-electron chi connectivity index (χ3n) is 10.2. The summed E-state index contributed by atoms with van der Waals surface area (Å²) in [7, 11) is 0. The van der Waals surface area contributed by atoms with Gasteiger partial charge in [0.2, 0.25) is 23.6 Å². The van der Waals surface area contributed by atoms with Crippen LogP contribution in [0, 0.1) is 3.57 Å². The summed E-state index contributed by atoms with van der Waals surface area (Å²) in [6.45, 7) is -2.90. The Morgan fingerprint density at radius 3 is 1.55 bits per heavy atom. The molecule has 1 aliphatic rings. The molecular formula is C42H57IN8O20. The van der Waals surface area contributed by atoms with Crippen molar-refractivity contribution < 1.29 is 97.7 Å². The van der Waals surface area contributed by atoms with Gasteiger partial charge < -0.3 is 62.0 Å². The van der Waals surface area contributed by atoms with Crippen molar-refractivity contribution in [1.82, 2.24) is 41.3 Å². The molecule has 0 saturated carbocycles. The third kappa shape index (κ3) is 25.5. The number of rotatable bonds is 35. The number of hydrogen-bond acceptors (Lipinski definition) is 17. The molecule has 1 saturated heterocycles. The van der Waals surface area contributed by atoms with Gasteiger partial charge in [-0.15, -0.1) is 0 Å². The van der Waals surface area contributed by atoms with Gasteiger partial charge >= 0.3 is 47.8 Å². The van der Waals surface area contributed by atoms with Crippen LogP contribution in [0.2, 0.25) is 0 Å². The molecule has 0 bridgehead atoms. The Morgan fingerprint density at radius 1 is 0.592 bits per heavy atom. The molecule has 11 N–H and O–H groups in total. The van der Waals surface area contributed by atoms with Crippen LogP contribution in [0.3, 0.4) is 0 Å². The van der Waals surface area contributed by atoms with Crippen molar-refractivity contribution in [3.05, 3.63) is 33.4 Å². The van der Waals surface area contributed by atoms with Gasteiger partial charge in [0.25, 0.3) is 5.91 Å². The number of carbonyl (C=O) groups excluding carboxylic acids is 7. The smallest absolute Gasteiger partial charge is 0.327 e. The number of nitrogens with zero attached hydrogens (tertiary/aromatic N) is 3. The van der Waals surface area contributed by atoms with E-state index in [1.165, 1.54) is 9.80 Å². The zero-order valence-corrected chi connectivity index (χ0v) is 40.3. The number of benzene rings is 1. The van der Waals surface area contributed by atoms with Gasteiger partial charge in [-0.25, -0.2) is 4.79 Å². The molecule has 1 aromatic rings. The van der Waals surface area contributed by atoms with E-state index in [0.29, 0.717) is 5.56 Å². The number of ether oxygens (including phenoxy) is 1. The molecule has 392 valence electrons. The van der Waals surface area contributed by atoms with E-state index < -0.39 is 154 Å². The Morgan fingerprint density at radius 2 is 1.07 bits per heavy atom. The second-order valence-electron chi connectivity index (χ2n) is 16.0. The predicted octanol–water partition coefficient (Wildman–Crippen LogP) is -3.03. The quantitative estimate of drug-likeness (QED) is 0.0139. The number of cyclic esters (lactones) is 2. The van der Waals surface area contributed by atoms with Crippen LogP contribution in [0.5, 0.6) is 0 Å². The molecule has 1 aliphatic heterocycles. The molecular weight excluding hydrogens is 1060 g/mol. The van der Waals surface area contributed by atoms with Crippen LogP contribution >= 0.6 is 22.6 Å². The van der Waals surface area contributed by atoms with Gasteiger partial charge in [-0.1, -0.05) is 6.07 Å². The fourth-order valence-electron chi connectivity index (χ4n) is 6.74. The van der Waals surface area contributed by atoms with E-state index in [0.717, 1.165) is 8.47 Å². The molecule has 1 aromatic carbocycles. The van der Waals surface area contributed by atoms with Crippen LogP contribution < -0.4 is 26.6 Å². The number of hydrogen-bond donors (Lipinski definition) is 11. The van der Waals surface area contributed by atoms with E-state index in [2.05, 4.69) is 31.3 Å². The average Bonchev–Trinajstić information content (AvgIpc) is 3.26. The number of carbonyl (C=O) groups is 13. The molecule has 71 heavy (non-hydrogen) atoms. The number of esters is 2. The SMILES string of the molecule is O=C(O)CC[C@@H](NC(=O)CN(CCN(CCN1CC(=O)OC(=O)C1)CC(=O)O)CC(=O)O)C(=O)N[C@H](CCC(=O)O)C(=O)N[C@H](CCC(=O)O)C(=O)N[C@H](CCCCNC(=O)c1cccc(I)c1)C(=O)O. The number of halogens is 1. The highest BCUT2D eigenvalue weighted by Crippen LogP contribution is 2.10.